The average Bonchev–Trinajstić information content (AvgIpc) is 2.82. The first kappa shape index (κ1) is 33.0. The summed E-state index contributed by atoms with van der Waals surface area (Å²) in [5.74, 6) is 0.849. The zero-order chi connectivity index (χ0) is 25.0. The monoisotopic (exact) mass is 480 g/mol. The van der Waals surface area contributed by atoms with Gasteiger partial charge in [0, 0.05) is 0 Å². The summed E-state index contributed by atoms with van der Waals surface area (Å²) in [6.07, 6.45) is 32.3. The van der Waals surface area contributed by atoms with Crippen molar-refractivity contribution in [2.75, 3.05) is 13.2 Å². The highest BCUT2D eigenvalue weighted by Crippen LogP contribution is 2.13. The predicted molar refractivity (Wildman–Crippen MR) is 149 cm³/mol. The van der Waals surface area contributed by atoms with Crippen LogP contribution in [0.1, 0.15) is 162 Å². The number of carbonyl (C=O) groups excluding carboxylic acids is 1. The molecule has 0 heterocycles. The Morgan fingerprint density at radius 3 is 1.38 bits per heavy atom. The Morgan fingerprint density at radius 1 is 0.559 bits per heavy atom. The number of ether oxygens (including phenoxy) is 2. The number of rotatable bonds is 26. The second kappa shape index (κ2) is 28.2. The Bertz CT molecular complexity index is 430. The molecule has 3 heteroatoms. The molecule has 34 heavy (non-hydrogen) atoms. The summed E-state index contributed by atoms with van der Waals surface area (Å²) in [6, 6.07) is 0. The fourth-order valence-electron chi connectivity index (χ4n) is 4.24. The van der Waals surface area contributed by atoms with Gasteiger partial charge in [0.15, 0.2) is 0 Å². The predicted octanol–water partition coefficient (Wildman–Crippen LogP) is 11.0. The normalized spacial score (nSPS) is 11.5. The van der Waals surface area contributed by atoms with Crippen LogP contribution in [0.2, 0.25) is 0 Å². The third kappa shape index (κ3) is 29.0. The zero-order valence-corrected chi connectivity index (χ0v) is 23.4. The minimum absolute atomic E-state index is 0.483. The van der Waals surface area contributed by atoms with Crippen LogP contribution in [0.5, 0.6) is 0 Å². The summed E-state index contributed by atoms with van der Waals surface area (Å²) in [5.41, 5.74) is 0. The molecule has 0 aliphatic carbocycles. The van der Waals surface area contributed by atoms with Crippen LogP contribution in [-0.2, 0) is 9.47 Å². The average molecular weight is 481 g/mol. The molecular formula is C31H60O3. The van der Waals surface area contributed by atoms with Crippen molar-refractivity contribution >= 4 is 6.16 Å². The number of hydrogen-bond donors (Lipinski definition) is 0. The third-order valence-corrected chi connectivity index (χ3v) is 6.52. The lowest BCUT2D eigenvalue weighted by atomic mass is 10.0. The molecule has 202 valence electrons. The zero-order valence-electron chi connectivity index (χ0n) is 23.4. The highest BCUT2D eigenvalue weighted by Gasteiger charge is 2.03. The van der Waals surface area contributed by atoms with E-state index in [9.17, 15) is 4.79 Å². The highest BCUT2D eigenvalue weighted by atomic mass is 16.7. The van der Waals surface area contributed by atoms with Gasteiger partial charge in [0.25, 0.3) is 0 Å². The van der Waals surface area contributed by atoms with E-state index in [1.165, 1.54) is 116 Å². The van der Waals surface area contributed by atoms with Crippen LogP contribution < -0.4 is 0 Å². The fraction of sp³-hybridized carbons (Fsp3) is 0.903. The molecule has 0 rings (SSSR count). The van der Waals surface area contributed by atoms with Crippen molar-refractivity contribution < 1.29 is 14.3 Å². The molecule has 0 unspecified atom stereocenters. The molecule has 0 radical (unpaired) electrons. The van der Waals surface area contributed by atoms with Gasteiger partial charge in [0.05, 0.1) is 13.2 Å². The second-order valence-electron chi connectivity index (χ2n) is 10.5. The van der Waals surface area contributed by atoms with Gasteiger partial charge in [-0.25, -0.2) is 4.79 Å². The molecule has 0 fully saturated rings. The number of carbonyl (C=O) groups is 1. The first-order chi connectivity index (χ1) is 16.7. The van der Waals surface area contributed by atoms with Crippen LogP contribution >= 0.6 is 0 Å². The van der Waals surface area contributed by atoms with Gasteiger partial charge in [-0.1, -0.05) is 136 Å². The lowest BCUT2D eigenvalue weighted by Crippen LogP contribution is -2.09. The lowest BCUT2D eigenvalue weighted by molar-refractivity contribution is 0.0529. The van der Waals surface area contributed by atoms with Crippen LogP contribution in [0.3, 0.4) is 0 Å². The van der Waals surface area contributed by atoms with Crippen molar-refractivity contribution in [1.82, 2.24) is 0 Å². The number of hydrogen-bond acceptors (Lipinski definition) is 3. The molecule has 0 aliphatic heterocycles. The topological polar surface area (TPSA) is 35.5 Å². The van der Waals surface area contributed by atoms with Crippen LogP contribution in [0, 0.1) is 5.92 Å². The first-order valence-corrected chi connectivity index (χ1v) is 15.1. The summed E-state index contributed by atoms with van der Waals surface area (Å²) in [4.78, 5) is 11.6. The molecule has 0 saturated heterocycles. The van der Waals surface area contributed by atoms with Gasteiger partial charge >= 0.3 is 6.16 Å². The van der Waals surface area contributed by atoms with Gasteiger partial charge < -0.3 is 9.47 Å². The van der Waals surface area contributed by atoms with E-state index in [-0.39, 0.29) is 0 Å². The van der Waals surface area contributed by atoms with E-state index in [4.69, 9.17) is 9.47 Å². The van der Waals surface area contributed by atoms with Crippen molar-refractivity contribution in [2.24, 2.45) is 5.92 Å². The van der Waals surface area contributed by atoms with E-state index in [2.05, 4.69) is 32.9 Å². The van der Waals surface area contributed by atoms with Gasteiger partial charge in [-0.3, -0.25) is 0 Å². The van der Waals surface area contributed by atoms with Crippen LogP contribution in [-0.4, -0.2) is 19.4 Å². The maximum atomic E-state index is 11.6. The quantitative estimate of drug-likeness (QED) is 0.0701. The molecule has 3 nitrogen and oxygen atoms in total. The number of unbranched alkanes of at least 4 members (excludes halogenated alkanes) is 18. The highest BCUT2D eigenvalue weighted by molar-refractivity contribution is 5.59. The van der Waals surface area contributed by atoms with E-state index in [1.807, 2.05) is 0 Å². The van der Waals surface area contributed by atoms with Crippen molar-refractivity contribution in [1.29, 1.82) is 0 Å². The molecular weight excluding hydrogens is 420 g/mol. The van der Waals surface area contributed by atoms with Crippen molar-refractivity contribution in [2.45, 2.75) is 162 Å². The summed E-state index contributed by atoms with van der Waals surface area (Å²) < 4.78 is 10.4. The van der Waals surface area contributed by atoms with Gasteiger partial charge in [-0.2, -0.15) is 0 Å². The minimum atomic E-state index is -0.483. The molecule has 0 aromatic carbocycles. The fourth-order valence-corrected chi connectivity index (χ4v) is 4.24. The van der Waals surface area contributed by atoms with Crippen LogP contribution in [0.4, 0.5) is 4.79 Å². The Morgan fingerprint density at radius 2 is 0.941 bits per heavy atom. The van der Waals surface area contributed by atoms with Crippen LogP contribution in [0.15, 0.2) is 12.2 Å². The van der Waals surface area contributed by atoms with Crippen molar-refractivity contribution in [3.63, 3.8) is 0 Å². The van der Waals surface area contributed by atoms with Crippen molar-refractivity contribution in [3.8, 4) is 0 Å². The van der Waals surface area contributed by atoms with E-state index in [1.54, 1.807) is 0 Å². The second-order valence-corrected chi connectivity index (χ2v) is 10.5. The minimum Gasteiger partial charge on any atom is -0.434 e. The molecule has 0 aromatic heterocycles. The summed E-state index contributed by atoms with van der Waals surface area (Å²) in [5, 5.41) is 0. The SMILES string of the molecule is CCCCCC/C=C\CCCCCCCCOC(=O)OCCCCCCCCCCCC(C)C. The largest absolute Gasteiger partial charge is 0.508 e. The summed E-state index contributed by atoms with van der Waals surface area (Å²) >= 11 is 0. The first-order valence-electron chi connectivity index (χ1n) is 15.1. The Balaban J connectivity index is 3.19. The Labute approximate surface area is 213 Å². The molecule has 0 aliphatic rings. The van der Waals surface area contributed by atoms with E-state index < -0.39 is 6.16 Å². The smallest absolute Gasteiger partial charge is 0.434 e. The Hall–Kier alpha value is -0.990. The lowest BCUT2D eigenvalue weighted by Gasteiger charge is -2.07. The van der Waals surface area contributed by atoms with Crippen molar-refractivity contribution in [3.05, 3.63) is 12.2 Å². The molecule has 0 N–H and O–H groups in total. The standard InChI is InChI=1S/C31H60O3/c1-4-5-6-7-8-9-10-11-12-13-16-19-22-25-28-33-31(32)34-29-26-23-20-17-14-15-18-21-24-27-30(2)3/h9-10,30H,4-8,11-29H2,1-3H3/b10-9-. The molecule has 0 aromatic rings. The van der Waals surface area contributed by atoms with Gasteiger partial charge in [-0.05, 0) is 44.4 Å². The van der Waals surface area contributed by atoms with Crippen LogP contribution in [0.25, 0.3) is 0 Å². The maximum Gasteiger partial charge on any atom is 0.508 e. The van der Waals surface area contributed by atoms with Gasteiger partial charge in [-0.15, -0.1) is 0 Å². The van der Waals surface area contributed by atoms with E-state index in [0.29, 0.717) is 13.2 Å². The maximum absolute atomic E-state index is 11.6. The van der Waals surface area contributed by atoms with Gasteiger partial charge in [0.1, 0.15) is 0 Å². The summed E-state index contributed by atoms with van der Waals surface area (Å²) in [6.45, 7) is 7.88. The molecule has 0 atom stereocenters. The third-order valence-electron chi connectivity index (χ3n) is 6.52. The summed E-state index contributed by atoms with van der Waals surface area (Å²) in [7, 11) is 0. The molecule has 0 saturated carbocycles. The van der Waals surface area contributed by atoms with Gasteiger partial charge in [0.2, 0.25) is 0 Å². The molecule has 0 spiro atoms. The van der Waals surface area contributed by atoms with E-state index >= 15 is 0 Å². The number of allylic oxidation sites excluding steroid dienone is 2. The molecule has 0 bridgehead atoms. The van der Waals surface area contributed by atoms with E-state index in [0.717, 1.165) is 31.6 Å². The molecule has 0 amide bonds. The Kier molecular flexibility index (Phi) is 27.4.